The van der Waals surface area contributed by atoms with E-state index in [1.54, 1.807) is 18.3 Å². The van der Waals surface area contributed by atoms with Gasteiger partial charge in [-0.3, -0.25) is 4.79 Å². The van der Waals surface area contributed by atoms with Gasteiger partial charge in [0.1, 0.15) is 17.5 Å². The van der Waals surface area contributed by atoms with E-state index in [-0.39, 0.29) is 17.9 Å². The Kier molecular flexibility index (Phi) is 6.99. The number of rotatable bonds is 6. The molecule has 1 aliphatic rings. The first kappa shape index (κ1) is 20.5. The molecule has 2 atom stereocenters. The number of nitriles is 1. The number of ether oxygens (including phenoxy) is 1. The molecule has 0 bridgehead atoms. The van der Waals surface area contributed by atoms with Gasteiger partial charge < -0.3 is 20.7 Å². The van der Waals surface area contributed by atoms with E-state index in [1.165, 1.54) is 0 Å². The van der Waals surface area contributed by atoms with Gasteiger partial charge in [-0.1, -0.05) is 0 Å². The summed E-state index contributed by atoms with van der Waals surface area (Å²) in [6.45, 7) is 6.35. The van der Waals surface area contributed by atoms with Crippen LogP contribution in [0.1, 0.15) is 45.6 Å². The van der Waals surface area contributed by atoms with Crippen molar-refractivity contribution in [3.05, 3.63) is 23.9 Å². The van der Waals surface area contributed by atoms with Crippen molar-refractivity contribution in [1.29, 1.82) is 5.26 Å². The van der Waals surface area contributed by atoms with Crippen molar-refractivity contribution < 1.29 is 14.3 Å². The second-order valence-electron chi connectivity index (χ2n) is 7.58. The Morgan fingerprint density at radius 3 is 2.81 bits per heavy atom. The summed E-state index contributed by atoms with van der Waals surface area (Å²) in [5, 5.41) is 17.8. The fraction of sp³-hybridized carbons (Fsp3) is 0.579. The Morgan fingerprint density at radius 1 is 1.33 bits per heavy atom. The monoisotopic (exact) mass is 373 g/mol. The topological polar surface area (TPSA) is 116 Å². The summed E-state index contributed by atoms with van der Waals surface area (Å²) in [7, 11) is 0. The van der Waals surface area contributed by atoms with Crippen LogP contribution in [0.3, 0.4) is 0 Å². The van der Waals surface area contributed by atoms with Gasteiger partial charge in [-0.15, -0.1) is 0 Å². The normalized spacial score (nSPS) is 19.0. The van der Waals surface area contributed by atoms with E-state index in [0.717, 1.165) is 12.8 Å². The lowest BCUT2D eigenvalue weighted by molar-refractivity contribution is -0.124. The van der Waals surface area contributed by atoms with Gasteiger partial charge in [0.25, 0.3) is 0 Å². The highest BCUT2D eigenvalue weighted by Gasteiger charge is 2.31. The number of carbonyl (C=O) groups is 2. The minimum atomic E-state index is -0.536. The van der Waals surface area contributed by atoms with Crippen molar-refractivity contribution in [3.8, 4) is 6.07 Å². The molecule has 1 saturated carbocycles. The van der Waals surface area contributed by atoms with E-state index in [0.29, 0.717) is 30.9 Å². The number of amides is 2. The maximum absolute atomic E-state index is 12.3. The fourth-order valence-electron chi connectivity index (χ4n) is 2.97. The average molecular weight is 373 g/mol. The third-order valence-corrected chi connectivity index (χ3v) is 4.17. The second kappa shape index (κ2) is 9.21. The summed E-state index contributed by atoms with van der Waals surface area (Å²) in [5.41, 5.74) is -0.0680. The van der Waals surface area contributed by atoms with Crippen molar-refractivity contribution in [1.82, 2.24) is 15.6 Å². The van der Waals surface area contributed by atoms with Crippen LogP contribution >= 0.6 is 0 Å². The Balaban J connectivity index is 1.68. The molecule has 1 aromatic rings. The molecule has 1 aliphatic carbocycles. The maximum atomic E-state index is 12.3. The molecule has 8 heteroatoms. The van der Waals surface area contributed by atoms with Crippen molar-refractivity contribution >= 4 is 17.8 Å². The first-order valence-electron chi connectivity index (χ1n) is 9.14. The van der Waals surface area contributed by atoms with Crippen LogP contribution in [0.25, 0.3) is 0 Å². The standard InChI is InChI=1S/C19H27N5O3/c1-19(2,3)27-18(26)24-15-7-6-13(11-15)17(25)23-10-9-22-16-14(12-20)5-4-8-21-16/h4-5,8,13,15H,6-7,9-11H2,1-3H3,(H,21,22)(H,23,25)(H,24,26). The lowest BCUT2D eigenvalue weighted by Crippen LogP contribution is -2.39. The number of hydrogen-bond donors (Lipinski definition) is 3. The highest BCUT2D eigenvalue weighted by molar-refractivity contribution is 5.79. The number of alkyl carbamates (subject to hydrolysis) is 1. The molecule has 3 N–H and O–H groups in total. The largest absolute Gasteiger partial charge is 0.444 e. The zero-order chi connectivity index (χ0) is 19.9. The summed E-state index contributed by atoms with van der Waals surface area (Å²) in [6, 6.07) is 5.41. The van der Waals surface area contributed by atoms with E-state index >= 15 is 0 Å². The summed E-state index contributed by atoms with van der Waals surface area (Å²) in [6.07, 6.45) is 3.27. The number of nitrogens with one attached hydrogen (secondary N) is 3. The summed E-state index contributed by atoms with van der Waals surface area (Å²) >= 11 is 0. The smallest absolute Gasteiger partial charge is 0.407 e. The van der Waals surface area contributed by atoms with E-state index in [9.17, 15) is 9.59 Å². The third kappa shape index (κ3) is 6.77. The van der Waals surface area contributed by atoms with Gasteiger partial charge in [0.05, 0.1) is 5.56 Å². The number of pyridine rings is 1. The van der Waals surface area contributed by atoms with Crippen molar-refractivity contribution in [2.24, 2.45) is 5.92 Å². The Labute approximate surface area is 159 Å². The fourth-order valence-corrected chi connectivity index (χ4v) is 2.97. The molecule has 0 spiro atoms. The number of carbonyl (C=O) groups excluding carboxylic acids is 2. The molecule has 27 heavy (non-hydrogen) atoms. The number of anilines is 1. The maximum Gasteiger partial charge on any atom is 0.407 e. The molecule has 0 radical (unpaired) electrons. The SMILES string of the molecule is CC(C)(C)OC(=O)NC1CCC(C(=O)NCCNc2ncccc2C#N)C1. The molecule has 1 aromatic heterocycles. The molecular formula is C19H27N5O3. The van der Waals surface area contributed by atoms with Crippen molar-refractivity contribution in [2.45, 2.75) is 51.7 Å². The Bertz CT molecular complexity index is 708. The number of aromatic nitrogens is 1. The lowest BCUT2D eigenvalue weighted by atomic mass is 10.1. The Hall–Kier alpha value is -2.82. The minimum absolute atomic E-state index is 0.0215. The molecule has 1 fully saturated rings. The molecule has 2 rings (SSSR count). The number of nitrogens with zero attached hydrogens (tertiary/aromatic N) is 2. The van der Waals surface area contributed by atoms with Gasteiger partial charge >= 0.3 is 6.09 Å². The predicted octanol–water partition coefficient (Wildman–Crippen LogP) is 2.17. The molecule has 0 aliphatic heterocycles. The first-order chi connectivity index (χ1) is 12.8. The van der Waals surface area contributed by atoms with Gasteiger partial charge in [0.2, 0.25) is 5.91 Å². The molecule has 0 aromatic carbocycles. The van der Waals surface area contributed by atoms with Crippen molar-refractivity contribution in [3.63, 3.8) is 0 Å². The van der Waals surface area contributed by atoms with Crippen molar-refractivity contribution in [2.75, 3.05) is 18.4 Å². The van der Waals surface area contributed by atoms with Crippen LogP contribution in [0, 0.1) is 17.2 Å². The zero-order valence-corrected chi connectivity index (χ0v) is 16.0. The van der Waals surface area contributed by atoms with Crippen LogP contribution in [0.4, 0.5) is 10.6 Å². The van der Waals surface area contributed by atoms with Crippen LogP contribution in [0.5, 0.6) is 0 Å². The molecule has 1 heterocycles. The highest BCUT2D eigenvalue weighted by Crippen LogP contribution is 2.26. The van der Waals surface area contributed by atoms with E-state index in [2.05, 4.69) is 27.0 Å². The Morgan fingerprint density at radius 2 is 2.11 bits per heavy atom. The molecule has 0 saturated heterocycles. The lowest BCUT2D eigenvalue weighted by Gasteiger charge is -2.21. The van der Waals surface area contributed by atoms with Gasteiger partial charge in [-0.2, -0.15) is 5.26 Å². The molecule has 146 valence electrons. The highest BCUT2D eigenvalue weighted by atomic mass is 16.6. The molecule has 2 amide bonds. The van der Waals surface area contributed by atoms with Gasteiger partial charge in [-0.25, -0.2) is 9.78 Å². The quantitative estimate of drug-likeness (QED) is 0.658. The summed E-state index contributed by atoms with van der Waals surface area (Å²) in [5.74, 6) is 0.373. The third-order valence-electron chi connectivity index (χ3n) is 4.17. The van der Waals surface area contributed by atoms with Crippen LogP contribution in [-0.2, 0) is 9.53 Å². The first-order valence-corrected chi connectivity index (χ1v) is 9.14. The van der Waals surface area contributed by atoms with Crippen LogP contribution in [-0.4, -0.2) is 41.7 Å². The average Bonchev–Trinajstić information content (AvgIpc) is 3.05. The molecule has 2 unspecified atom stereocenters. The zero-order valence-electron chi connectivity index (χ0n) is 16.0. The summed E-state index contributed by atoms with van der Waals surface area (Å²) < 4.78 is 5.25. The van der Waals surface area contributed by atoms with Gasteiger partial charge in [0.15, 0.2) is 0 Å². The van der Waals surface area contributed by atoms with Crippen LogP contribution < -0.4 is 16.0 Å². The van der Waals surface area contributed by atoms with Crippen LogP contribution in [0.15, 0.2) is 18.3 Å². The predicted molar refractivity (Wildman–Crippen MR) is 101 cm³/mol. The van der Waals surface area contributed by atoms with Gasteiger partial charge in [0, 0.05) is 31.2 Å². The van der Waals surface area contributed by atoms with E-state index in [1.807, 2.05) is 20.8 Å². The molecular weight excluding hydrogens is 346 g/mol. The molecule has 8 nitrogen and oxygen atoms in total. The summed E-state index contributed by atoms with van der Waals surface area (Å²) in [4.78, 5) is 28.2. The van der Waals surface area contributed by atoms with Gasteiger partial charge in [-0.05, 0) is 52.2 Å². The van der Waals surface area contributed by atoms with E-state index < -0.39 is 11.7 Å². The number of hydrogen-bond acceptors (Lipinski definition) is 6. The van der Waals surface area contributed by atoms with Crippen LogP contribution in [0.2, 0.25) is 0 Å². The second-order valence-corrected chi connectivity index (χ2v) is 7.58. The minimum Gasteiger partial charge on any atom is -0.444 e. The van der Waals surface area contributed by atoms with E-state index in [4.69, 9.17) is 10.00 Å².